The fourth-order valence-corrected chi connectivity index (χ4v) is 4.99. The summed E-state index contributed by atoms with van der Waals surface area (Å²) < 4.78 is 12.8. The molecule has 1 heterocycles. The molecule has 0 spiro atoms. The van der Waals surface area contributed by atoms with Crippen LogP contribution in [0.3, 0.4) is 0 Å². The molecule has 1 aliphatic heterocycles. The zero-order valence-corrected chi connectivity index (χ0v) is 21.8. The summed E-state index contributed by atoms with van der Waals surface area (Å²) in [6, 6.07) is 23.5. The number of nitrogens with one attached hydrogen (secondary N) is 2. The Bertz CT molecular complexity index is 1180. The fraction of sp³-hybridized carbons (Fsp3) is 0.310. The maximum absolute atomic E-state index is 11.3. The van der Waals surface area contributed by atoms with Crippen LogP contribution in [0, 0.1) is 0 Å². The van der Waals surface area contributed by atoms with Gasteiger partial charge < -0.3 is 25.2 Å². The Hall–Kier alpha value is -3.17. The second kappa shape index (κ2) is 12.9. The third-order valence-electron chi connectivity index (χ3n) is 6.02. The number of ether oxygens (including phenoxy) is 2. The Morgan fingerprint density at radius 3 is 2.14 bits per heavy atom. The number of hydrogen-bond donors (Lipinski definition) is 3. The van der Waals surface area contributed by atoms with E-state index >= 15 is 0 Å². The molecule has 3 aromatic carbocycles. The van der Waals surface area contributed by atoms with E-state index in [0.717, 1.165) is 38.6 Å². The van der Waals surface area contributed by atoms with Crippen LogP contribution in [0.1, 0.15) is 54.9 Å². The number of benzene rings is 3. The Morgan fingerprint density at radius 1 is 0.865 bits per heavy atom. The summed E-state index contributed by atoms with van der Waals surface area (Å²) in [4.78, 5) is 23.6. The molecule has 2 amide bonds. The number of aliphatic hydroxyl groups is 1. The van der Waals surface area contributed by atoms with Crippen LogP contribution in [0.4, 0.5) is 5.69 Å². The van der Waals surface area contributed by atoms with Crippen molar-refractivity contribution in [1.82, 2.24) is 5.32 Å². The van der Waals surface area contributed by atoms with Gasteiger partial charge in [0, 0.05) is 48.7 Å². The lowest BCUT2D eigenvalue weighted by Crippen LogP contribution is -2.31. The van der Waals surface area contributed by atoms with Crippen molar-refractivity contribution in [2.45, 2.75) is 56.8 Å². The molecule has 0 bridgehead atoms. The molecule has 3 aromatic rings. The van der Waals surface area contributed by atoms with Crippen LogP contribution in [0.2, 0.25) is 0 Å². The van der Waals surface area contributed by atoms with Crippen molar-refractivity contribution in [2.75, 3.05) is 11.1 Å². The van der Waals surface area contributed by atoms with Crippen LogP contribution in [0.5, 0.6) is 0 Å². The summed E-state index contributed by atoms with van der Waals surface area (Å²) >= 11 is 1.70. The van der Waals surface area contributed by atoms with E-state index in [2.05, 4.69) is 10.6 Å². The largest absolute Gasteiger partial charge is 0.392 e. The predicted molar refractivity (Wildman–Crippen MR) is 144 cm³/mol. The molecule has 3 unspecified atom stereocenters. The second-order valence-electron chi connectivity index (χ2n) is 9.02. The molecular formula is C29H32N2O5S. The van der Waals surface area contributed by atoms with Crippen molar-refractivity contribution in [2.24, 2.45) is 0 Å². The molecule has 1 aliphatic rings. The predicted octanol–water partition coefficient (Wildman–Crippen LogP) is 5.11. The van der Waals surface area contributed by atoms with Gasteiger partial charge in [-0.25, -0.2) is 0 Å². The van der Waals surface area contributed by atoms with Crippen molar-refractivity contribution < 1.29 is 24.2 Å². The van der Waals surface area contributed by atoms with Gasteiger partial charge >= 0.3 is 0 Å². The number of amides is 2. The van der Waals surface area contributed by atoms with E-state index in [-0.39, 0.29) is 30.6 Å². The van der Waals surface area contributed by atoms with Crippen molar-refractivity contribution in [3.05, 3.63) is 95.1 Å². The molecule has 0 aliphatic carbocycles. The zero-order chi connectivity index (χ0) is 26.2. The summed E-state index contributed by atoms with van der Waals surface area (Å²) in [6.45, 7) is 3.47. The molecule has 0 saturated carbocycles. The van der Waals surface area contributed by atoms with Gasteiger partial charge in [-0.2, -0.15) is 0 Å². The number of carbonyl (C=O) groups excluding carboxylic acids is 2. The van der Waals surface area contributed by atoms with Gasteiger partial charge in [-0.3, -0.25) is 9.59 Å². The van der Waals surface area contributed by atoms with Crippen LogP contribution in [-0.2, 0) is 32.2 Å². The standard InChI is InChI=1S/C29H32N2O5S/c1-19(33)30-16-21-3-9-24(10-4-21)29-35-26(15-28(36-29)23-7-5-22(17-32)6-8-23)18-37-27-13-11-25(12-14-27)31-20(2)34/h3-14,26,28-29,32H,15-18H2,1-2H3,(H,30,33)(H,31,34). The number of aliphatic hydroxyl groups excluding tert-OH is 1. The fourth-order valence-electron chi connectivity index (χ4n) is 4.07. The van der Waals surface area contributed by atoms with Gasteiger partial charge in [-0.15, -0.1) is 11.8 Å². The summed E-state index contributed by atoms with van der Waals surface area (Å²) in [6.07, 6.45) is -0.0375. The minimum Gasteiger partial charge on any atom is -0.392 e. The molecule has 194 valence electrons. The average Bonchev–Trinajstić information content (AvgIpc) is 2.91. The van der Waals surface area contributed by atoms with E-state index in [0.29, 0.717) is 13.0 Å². The molecule has 0 radical (unpaired) electrons. The van der Waals surface area contributed by atoms with Gasteiger partial charge in [0.2, 0.25) is 11.8 Å². The second-order valence-corrected chi connectivity index (χ2v) is 10.1. The number of carbonyl (C=O) groups is 2. The maximum Gasteiger partial charge on any atom is 0.221 e. The molecule has 4 rings (SSSR count). The van der Waals surface area contributed by atoms with Crippen LogP contribution in [-0.4, -0.2) is 28.8 Å². The highest BCUT2D eigenvalue weighted by molar-refractivity contribution is 7.99. The Balaban J connectivity index is 1.47. The monoisotopic (exact) mass is 520 g/mol. The molecule has 37 heavy (non-hydrogen) atoms. The summed E-state index contributed by atoms with van der Waals surface area (Å²) in [5.74, 6) is 0.581. The van der Waals surface area contributed by atoms with Crippen molar-refractivity contribution in [3.8, 4) is 0 Å². The van der Waals surface area contributed by atoms with E-state index in [1.807, 2.05) is 72.8 Å². The van der Waals surface area contributed by atoms with Crippen LogP contribution >= 0.6 is 11.8 Å². The van der Waals surface area contributed by atoms with Gasteiger partial charge in [0.15, 0.2) is 6.29 Å². The quantitative estimate of drug-likeness (QED) is 0.339. The zero-order valence-electron chi connectivity index (χ0n) is 21.0. The van der Waals surface area contributed by atoms with Crippen molar-refractivity contribution in [3.63, 3.8) is 0 Å². The van der Waals surface area contributed by atoms with Gasteiger partial charge in [-0.05, 0) is 41.0 Å². The molecule has 1 saturated heterocycles. The smallest absolute Gasteiger partial charge is 0.221 e. The molecule has 3 atom stereocenters. The van der Waals surface area contributed by atoms with Crippen LogP contribution in [0.25, 0.3) is 0 Å². The first-order valence-corrected chi connectivity index (χ1v) is 13.2. The van der Waals surface area contributed by atoms with Gasteiger partial charge in [0.25, 0.3) is 0 Å². The first-order valence-electron chi connectivity index (χ1n) is 12.2. The Labute approximate surface area is 221 Å². The van der Waals surface area contributed by atoms with E-state index < -0.39 is 6.29 Å². The van der Waals surface area contributed by atoms with E-state index in [1.165, 1.54) is 13.8 Å². The molecule has 8 heteroatoms. The van der Waals surface area contributed by atoms with Crippen LogP contribution in [0.15, 0.2) is 77.7 Å². The highest BCUT2D eigenvalue weighted by atomic mass is 32.2. The van der Waals surface area contributed by atoms with E-state index in [1.54, 1.807) is 11.8 Å². The molecular weight excluding hydrogens is 488 g/mol. The summed E-state index contributed by atoms with van der Waals surface area (Å²) in [5, 5.41) is 15.0. The maximum atomic E-state index is 11.3. The van der Waals surface area contributed by atoms with E-state index in [4.69, 9.17) is 9.47 Å². The summed E-state index contributed by atoms with van der Waals surface area (Å²) in [5.41, 5.74) is 4.59. The number of hydrogen-bond acceptors (Lipinski definition) is 6. The topological polar surface area (TPSA) is 96.9 Å². The number of anilines is 1. The molecule has 0 aromatic heterocycles. The molecule has 1 fully saturated rings. The molecule has 7 nitrogen and oxygen atoms in total. The molecule has 3 N–H and O–H groups in total. The van der Waals surface area contributed by atoms with Crippen molar-refractivity contribution >= 4 is 29.3 Å². The SMILES string of the molecule is CC(=O)NCc1ccc(C2OC(CSc3ccc(NC(C)=O)cc3)CC(c3ccc(CO)cc3)O2)cc1. The Morgan fingerprint density at radius 2 is 1.51 bits per heavy atom. The lowest BCUT2D eigenvalue weighted by molar-refractivity contribution is -0.245. The highest BCUT2D eigenvalue weighted by Crippen LogP contribution is 2.39. The van der Waals surface area contributed by atoms with E-state index in [9.17, 15) is 14.7 Å². The first-order chi connectivity index (χ1) is 17.9. The third kappa shape index (κ3) is 7.90. The minimum atomic E-state index is -0.529. The normalized spacial score (nSPS) is 19.3. The highest BCUT2D eigenvalue weighted by Gasteiger charge is 2.32. The lowest BCUT2D eigenvalue weighted by atomic mass is 10.0. The summed E-state index contributed by atoms with van der Waals surface area (Å²) in [7, 11) is 0. The van der Waals surface area contributed by atoms with Gasteiger partial charge in [0.05, 0.1) is 18.8 Å². The lowest BCUT2D eigenvalue weighted by Gasteiger charge is -2.36. The third-order valence-corrected chi connectivity index (χ3v) is 7.16. The number of thioether (sulfide) groups is 1. The van der Waals surface area contributed by atoms with Crippen LogP contribution < -0.4 is 10.6 Å². The van der Waals surface area contributed by atoms with Crippen molar-refractivity contribution in [1.29, 1.82) is 0 Å². The van der Waals surface area contributed by atoms with Gasteiger partial charge in [0.1, 0.15) is 0 Å². The average molecular weight is 521 g/mol. The minimum absolute atomic E-state index is 0.00235. The number of rotatable bonds is 9. The first kappa shape index (κ1) is 26.9. The Kier molecular flexibility index (Phi) is 9.35. The van der Waals surface area contributed by atoms with Gasteiger partial charge in [-0.1, -0.05) is 48.5 Å².